The van der Waals surface area contributed by atoms with E-state index in [1.54, 1.807) is 0 Å². The van der Waals surface area contributed by atoms with Gasteiger partial charge in [-0.3, -0.25) is 4.79 Å². The lowest BCUT2D eigenvalue weighted by Crippen LogP contribution is -2.23. The molecule has 3 nitrogen and oxygen atoms in total. The van der Waals surface area contributed by atoms with Crippen LogP contribution < -0.4 is 5.73 Å². The summed E-state index contributed by atoms with van der Waals surface area (Å²) in [5.74, 6) is 0.328. The van der Waals surface area contributed by atoms with Crippen molar-refractivity contribution in [1.82, 2.24) is 0 Å². The highest BCUT2D eigenvalue weighted by Gasteiger charge is 2.21. The molecule has 1 atom stereocenters. The zero-order valence-corrected chi connectivity index (χ0v) is 10.9. The van der Waals surface area contributed by atoms with Crippen molar-refractivity contribution < 1.29 is 9.21 Å². The summed E-state index contributed by atoms with van der Waals surface area (Å²) in [4.78, 5) is 12.3. The molecule has 1 unspecified atom stereocenters. The zero-order valence-electron chi connectivity index (χ0n) is 10.9. The minimum absolute atomic E-state index is 0.0231. The molecular weight excluding hydrogens is 226 g/mol. The lowest BCUT2D eigenvalue weighted by Gasteiger charge is -2.09. The number of rotatable bonds is 5. The molecule has 1 heterocycles. The topological polar surface area (TPSA) is 56.2 Å². The first kappa shape index (κ1) is 12.8. The van der Waals surface area contributed by atoms with Gasteiger partial charge in [-0.05, 0) is 25.0 Å². The van der Waals surface area contributed by atoms with Crippen LogP contribution in [-0.4, -0.2) is 12.3 Å². The summed E-state index contributed by atoms with van der Waals surface area (Å²) >= 11 is 0. The van der Waals surface area contributed by atoms with Crippen LogP contribution in [0.5, 0.6) is 0 Å². The van der Waals surface area contributed by atoms with Gasteiger partial charge in [0.05, 0.1) is 0 Å². The van der Waals surface area contributed by atoms with E-state index in [9.17, 15) is 4.79 Å². The first-order chi connectivity index (χ1) is 8.67. The van der Waals surface area contributed by atoms with Crippen molar-refractivity contribution in [3.8, 4) is 0 Å². The van der Waals surface area contributed by atoms with Gasteiger partial charge in [0.15, 0.2) is 5.76 Å². The Kier molecular flexibility index (Phi) is 3.82. The summed E-state index contributed by atoms with van der Waals surface area (Å²) < 4.78 is 5.68. The molecule has 0 aliphatic rings. The Morgan fingerprint density at radius 3 is 2.83 bits per heavy atom. The number of carbonyl (C=O) groups excluding carboxylic acids is 1. The molecule has 2 rings (SSSR count). The number of ketones is 1. The van der Waals surface area contributed by atoms with Gasteiger partial charge in [0.2, 0.25) is 5.78 Å². The molecule has 0 fully saturated rings. The van der Waals surface area contributed by atoms with Gasteiger partial charge in [-0.2, -0.15) is 0 Å². The van der Waals surface area contributed by atoms with Crippen LogP contribution in [0.15, 0.2) is 28.7 Å². The second-order valence-corrected chi connectivity index (χ2v) is 4.69. The smallest absolute Gasteiger partial charge is 0.202 e. The number of hydrogen-bond donors (Lipinski definition) is 1. The lowest BCUT2D eigenvalue weighted by atomic mass is 9.97. The van der Waals surface area contributed by atoms with Gasteiger partial charge >= 0.3 is 0 Å². The second-order valence-electron chi connectivity index (χ2n) is 4.69. The highest BCUT2D eigenvalue weighted by molar-refractivity contribution is 5.99. The number of hydrogen-bond acceptors (Lipinski definition) is 3. The molecular formula is C15H19NO2. The SMILES string of the molecule is CCCC(CN)C(=O)c1cc2cccc(C)c2o1. The van der Waals surface area contributed by atoms with E-state index in [4.69, 9.17) is 10.2 Å². The van der Waals surface area contributed by atoms with Gasteiger partial charge in [-0.15, -0.1) is 0 Å². The third-order valence-electron chi connectivity index (χ3n) is 3.28. The van der Waals surface area contributed by atoms with Gasteiger partial charge in [-0.1, -0.05) is 31.5 Å². The Labute approximate surface area is 107 Å². The summed E-state index contributed by atoms with van der Waals surface area (Å²) in [6.07, 6.45) is 1.76. The number of fused-ring (bicyclic) bond motifs is 1. The van der Waals surface area contributed by atoms with Crippen LogP contribution in [0.1, 0.15) is 35.9 Å². The molecule has 0 bridgehead atoms. The van der Waals surface area contributed by atoms with Crippen molar-refractivity contribution in [3.05, 3.63) is 35.6 Å². The van der Waals surface area contributed by atoms with Gasteiger partial charge in [-0.25, -0.2) is 0 Å². The van der Waals surface area contributed by atoms with E-state index >= 15 is 0 Å². The van der Waals surface area contributed by atoms with E-state index in [1.165, 1.54) is 0 Å². The maximum Gasteiger partial charge on any atom is 0.202 e. The molecule has 0 aliphatic heterocycles. The van der Waals surface area contributed by atoms with Crippen molar-refractivity contribution in [2.24, 2.45) is 11.7 Å². The molecule has 0 radical (unpaired) electrons. The van der Waals surface area contributed by atoms with E-state index in [-0.39, 0.29) is 11.7 Å². The zero-order chi connectivity index (χ0) is 13.1. The van der Waals surface area contributed by atoms with Crippen LogP contribution in [-0.2, 0) is 0 Å². The van der Waals surface area contributed by atoms with E-state index < -0.39 is 0 Å². The van der Waals surface area contributed by atoms with Crippen molar-refractivity contribution in [2.45, 2.75) is 26.7 Å². The van der Waals surface area contributed by atoms with Crippen LogP contribution in [0.2, 0.25) is 0 Å². The summed E-state index contributed by atoms with van der Waals surface area (Å²) in [5, 5.41) is 0.977. The molecule has 2 N–H and O–H groups in total. The molecule has 1 aromatic carbocycles. The van der Waals surface area contributed by atoms with Crippen molar-refractivity contribution >= 4 is 16.8 Å². The van der Waals surface area contributed by atoms with Gasteiger partial charge in [0, 0.05) is 17.8 Å². The van der Waals surface area contributed by atoms with Crippen LogP contribution in [0.4, 0.5) is 0 Å². The lowest BCUT2D eigenvalue weighted by molar-refractivity contribution is 0.0891. The Morgan fingerprint density at radius 2 is 2.22 bits per heavy atom. The monoisotopic (exact) mass is 245 g/mol. The molecule has 2 aromatic rings. The molecule has 0 saturated heterocycles. The van der Waals surface area contributed by atoms with Gasteiger partial charge in [0.25, 0.3) is 0 Å². The number of carbonyl (C=O) groups is 1. The largest absolute Gasteiger partial charge is 0.453 e. The van der Waals surface area contributed by atoms with E-state index in [2.05, 4.69) is 6.92 Å². The summed E-state index contributed by atoms with van der Waals surface area (Å²) in [6, 6.07) is 7.73. The maximum absolute atomic E-state index is 12.3. The number of aryl methyl sites for hydroxylation is 1. The van der Waals surface area contributed by atoms with Gasteiger partial charge < -0.3 is 10.2 Å². The Morgan fingerprint density at radius 1 is 1.44 bits per heavy atom. The highest BCUT2D eigenvalue weighted by Crippen LogP contribution is 2.25. The number of Topliss-reactive ketones (excluding diaryl/α,β-unsaturated/α-hetero) is 1. The predicted molar refractivity (Wildman–Crippen MR) is 72.7 cm³/mol. The fourth-order valence-electron chi connectivity index (χ4n) is 2.24. The van der Waals surface area contributed by atoms with Crippen molar-refractivity contribution in [1.29, 1.82) is 0 Å². The molecule has 1 aromatic heterocycles. The minimum Gasteiger partial charge on any atom is -0.453 e. The average molecular weight is 245 g/mol. The summed E-state index contributed by atoms with van der Waals surface area (Å²) in [6.45, 7) is 4.41. The van der Waals surface area contributed by atoms with Crippen molar-refractivity contribution in [3.63, 3.8) is 0 Å². The minimum atomic E-state index is -0.129. The van der Waals surface area contributed by atoms with Crippen LogP contribution in [0.25, 0.3) is 11.0 Å². The quantitative estimate of drug-likeness (QED) is 0.822. The fourth-order valence-corrected chi connectivity index (χ4v) is 2.24. The Bertz CT molecular complexity index is 557. The van der Waals surface area contributed by atoms with Crippen LogP contribution in [0, 0.1) is 12.8 Å². The van der Waals surface area contributed by atoms with Crippen LogP contribution in [0.3, 0.4) is 0 Å². The van der Waals surface area contributed by atoms with E-state index in [0.717, 1.165) is 29.4 Å². The normalized spacial score (nSPS) is 12.8. The van der Waals surface area contributed by atoms with Crippen LogP contribution >= 0.6 is 0 Å². The summed E-state index contributed by atoms with van der Waals surface area (Å²) in [5.41, 5.74) is 7.51. The molecule has 0 saturated carbocycles. The molecule has 96 valence electrons. The standard InChI is InChI=1S/C15H19NO2/c1-3-5-12(9-16)14(17)13-8-11-7-4-6-10(2)15(11)18-13/h4,6-8,12H,3,5,9,16H2,1-2H3. The second kappa shape index (κ2) is 5.36. The fraction of sp³-hybridized carbons (Fsp3) is 0.400. The third-order valence-corrected chi connectivity index (χ3v) is 3.28. The molecule has 18 heavy (non-hydrogen) atoms. The Hall–Kier alpha value is -1.61. The first-order valence-corrected chi connectivity index (χ1v) is 6.40. The molecule has 3 heteroatoms. The Balaban J connectivity index is 2.36. The molecule has 0 spiro atoms. The number of furan rings is 1. The maximum atomic E-state index is 12.3. The predicted octanol–water partition coefficient (Wildman–Crippen LogP) is 3.30. The van der Waals surface area contributed by atoms with Crippen molar-refractivity contribution in [2.75, 3.05) is 6.54 Å². The number of benzene rings is 1. The van der Waals surface area contributed by atoms with Gasteiger partial charge in [0.1, 0.15) is 5.58 Å². The summed E-state index contributed by atoms with van der Waals surface area (Å²) in [7, 11) is 0. The number of nitrogens with two attached hydrogens (primary N) is 1. The average Bonchev–Trinajstić information content (AvgIpc) is 2.80. The first-order valence-electron chi connectivity index (χ1n) is 6.40. The molecule has 0 aliphatic carbocycles. The van der Waals surface area contributed by atoms with E-state index in [0.29, 0.717) is 12.3 Å². The molecule has 0 amide bonds. The third kappa shape index (κ3) is 2.31. The van der Waals surface area contributed by atoms with E-state index in [1.807, 2.05) is 31.2 Å². The number of para-hydroxylation sites is 1. The highest BCUT2D eigenvalue weighted by atomic mass is 16.3.